The predicted octanol–water partition coefficient (Wildman–Crippen LogP) is 1.81. The summed E-state index contributed by atoms with van der Waals surface area (Å²) in [5.41, 5.74) is 1.27. The van der Waals surface area contributed by atoms with Crippen molar-refractivity contribution in [3.8, 4) is 9.94 Å². The molecule has 0 saturated heterocycles. The van der Waals surface area contributed by atoms with Crippen LogP contribution in [0.2, 0.25) is 10.1 Å². The van der Waals surface area contributed by atoms with Crippen molar-refractivity contribution in [1.29, 1.82) is 10.5 Å². The molecule has 0 aliphatic heterocycles. The van der Waals surface area contributed by atoms with Crippen LogP contribution in [-0.2, 0) is 6.42 Å². The Morgan fingerprint density at radius 1 is 1.13 bits per heavy atom. The first-order chi connectivity index (χ1) is 7.36. The van der Waals surface area contributed by atoms with E-state index in [-0.39, 0.29) is 29.9 Å². The third-order valence-corrected chi connectivity index (χ3v) is 6.01. The molecule has 1 rings (SSSR count). The molecule has 2 nitrogen and oxygen atoms in total. The van der Waals surface area contributed by atoms with E-state index in [1.807, 2.05) is 18.2 Å². The van der Waals surface area contributed by atoms with Crippen molar-refractivity contribution in [2.24, 2.45) is 0 Å². The Bertz CT molecular complexity index is 364. The van der Waals surface area contributed by atoms with Crippen LogP contribution in [0.15, 0.2) is 30.3 Å². The van der Waals surface area contributed by atoms with Crippen LogP contribution in [0.1, 0.15) is 5.56 Å². The number of benzene rings is 1. The van der Waals surface area contributed by atoms with Crippen LogP contribution in [0, 0.1) is 20.5 Å². The third-order valence-electron chi connectivity index (χ3n) is 1.86. The molecule has 0 aromatic heterocycles. The van der Waals surface area contributed by atoms with E-state index in [0.717, 1.165) is 11.7 Å². The molecule has 0 fully saturated rings. The van der Waals surface area contributed by atoms with Crippen molar-refractivity contribution in [2.45, 2.75) is 16.6 Å². The normalized spacial score (nSPS) is 11.3. The molecule has 0 heterocycles. The van der Waals surface area contributed by atoms with Gasteiger partial charge in [0, 0.05) is 0 Å². The summed E-state index contributed by atoms with van der Waals surface area (Å²) in [6.07, 6.45) is 0.942. The van der Waals surface area contributed by atoms with Crippen LogP contribution in [-0.4, -0.2) is 29.9 Å². The van der Waals surface area contributed by atoms with Gasteiger partial charge >= 0.3 is 103 Å². The average molecular weight is 328 g/mol. The maximum atomic E-state index is 8.72. The number of rotatable bonds is 5. The van der Waals surface area contributed by atoms with Gasteiger partial charge in [-0.2, -0.15) is 0 Å². The standard InChI is InChI=1S/C11H10N2Se2/c12-8-14-7-11(15-9-13)6-10-4-2-1-3-5-10/h1-5,11H,6-7H2. The molecule has 0 amide bonds. The summed E-state index contributed by atoms with van der Waals surface area (Å²) >= 11 is 0.0481. The third kappa shape index (κ3) is 5.03. The van der Waals surface area contributed by atoms with Gasteiger partial charge < -0.3 is 0 Å². The first-order valence-corrected chi connectivity index (χ1v) is 8.37. The number of hydrogen-bond acceptors (Lipinski definition) is 2. The summed E-state index contributed by atoms with van der Waals surface area (Å²) in [6, 6.07) is 10.2. The molecule has 1 aromatic rings. The van der Waals surface area contributed by atoms with Crippen LogP contribution >= 0.6 is 0 Å². The summed E-state index contributed by atoms with van der Waals surface area (Å²) in [7, 11) is 0. The topological polar surface area (TPSA) is 47.6 Å². The van der Waals surface area contributed by atoms with Gasteiger partial charge in [-0.15, -0.1) is 0 Å². The van der Waals surface area contributed by atoms with Crippen LogP contribution in [0.3, 0.4) is 0 Å². The second-order valence-electron chi connectivity index (χ2n) is 2.92. The molecule has 0 saturated carbocycles. The summed E-state index contributed by atoms with van der Waals surface area (Å²) in [4.78, 5) is 4.87. The molecule has 1 unspecified atom stereocenters. The SMILES string of the molecule is N#C[Se]CC(Cc1ccccc1)[Se]C#N. The summed E-state index contributed by atoms with van der Waals surface area (Å²) in [5.74, 6) is 0. The Morgan fingerprint density at radius 3 is 2.47 bits per heavy atom. The van der Waals surface area contributed by atoms with Gasteiger partial charge in [0.05, 0.1) is 0 Å². The number of nitriles is 2. The van der Waals surface area contributed by atoms with Gasteiger partial charge in [0.25, 0.3) is 0 Å². The first kappa shape index (κ1) is 12.3. The van der Waals surface area contributed by atoms with Crippen molar-refractivity contribution >= 4 is 29.9 Å². The molecule has 0 spiro atoms. The fourth-order valence-electron chi connectivity index (χ4n) is 1.22. The van der Waals surface area contributed by atoms with Gasteiger partial charge in [-0.25, -0.2) is 0 Å². The summed E-state index contributed by atoms with van der Waals surface area (Å²) in [6.45, 7) is 0. The van der Waals surface area contributed by atoms with Crippen molar-refractivity contribution < 1.29 is 0 Å². The second kappa shape index (κ2) is 7.52. The predicted molar refractivity (Wildman–Crippen MR) is 61.4 cm³/mol. The van der Waals surface area contributed by atoms with Gasteiger partial charge in [0.15, 0.2) is 0 Å². The molecule has 76 valence electrons. The van der Waals surface area contributed by atoms with Gasteiger partial charge in [0.2, 0.25) is 0 Å². The Morgan fingerprint density at radius 2 is 1.87 bits per heavy atom. The zero-order valence-electron chi connectivity index (χ0n) is 8.09. The van der Waals surface area contributed by atoms with Crippen molar-refractivity contribution in [3.63, 3.8) is 0 Å². The van der Waals surface area contributed by atoms with Gasteiger partial charge in [-0.05, 0) is 0 Å². The molecule has 1 aromatic carbocycles. The second-order valence-corrected chi connectivity index (χ2v) is 6.89. The van der Waals surface area contributed by atoms with E-state index >= 15 is 0 Å². The number of hydrogen-bond donors (Lipinski definition) is 0. The maximum absolute atomic E-state index is 8.72. The van der Waals surface area contributed by atoms with E-state index in [1.165, 1.54) is 5.56 Å². The monoisotopic (exact) mass is 330 g/mol. The van der Waals surface area contributed by atoms with E-state index in [0.29, 0.717) is 4.82 Å². The summed E-state index contributed by atoms with van der Waals surface area (Å²) in [5, 5.41) is 18.2. The van der Waals surface area contributed by atoms with Crippen molar-refractivity contribution in [3.05, 3.63) is 35.9 Å². The van der Waals surface area contributed by atoms with E-state index in [4.69, 9.17) is 10.5 Å². The molecule has 0 radical (unpaired) electrons. The van der Waals surface area contributed by atoms with Crippen LogP contribution in [0.25, 0.3) is 0 Å². The molecule has 0 aliphatic rings. The fraction of sp³-hybridized carbons (Fsp3) is 0.273. The minimum atomic E-state index is 0.00837. The Labute approximate surface area is 103 Å². The fourth-order valence-corrected chi connectivity index (χ4v) is 4.53. The van der Waals surface area contributed by atoms with Crippen LogP contribution in [0.5, 0.6) is 0 Å². The van der Waals surface area contributed by atoms with Crippen molar-refractivity contribution in [2.75, 3.05) is 0 Å². The van der Waals surface area contributed by atoms with Gasteiger partial charge in [0.1, 0.15) is 0 Å². The Balaban J connectivity index is 2.52. The molecule has 4 heteroatoms. The number of nitrogens with zero attached hydrogens (tertiary/aromatic N) is 2. The Hall–Kier alpha value is -0.761. The molecular weight excluding hydrogens is 318 g/mol. The molecular formula is C11H10N2Se2. The van der Waals surface area contributed by atoms with E-state index in [2.05, 4.69) is 22.1 Å². The minimum absolute atomic E-state index is 0.00837. The molecule has 0 aliphatic carbocycles. The average Bonchev–Trinajstić information content (AvgIpc) is 2.28. The molecule has 0 N–H and O–H groups in total. The van der Waals surface area contributed by atoms with Gasteiger partial charge in [-0.1, -0.05) is 0 Å². The van der Waals surface area contributed by atoms with E-state index in [1.54, 1.807) is 0 Å². The van der Waals surface area contributed by atoms with Gasteiger partial charge in [-0.3, -0.25) is 0 Å². The quantitative estimate of drug-likeness (QED) is 0.774. The van der Waals surface area contributed by atoms with E-state index in [9.17, 15) is 0 Å². The van der Waals surface area contributed by atoms with Crippen LogP contribution < -0.4 is 0 Å². The summed E-state index contributed by atoms with van der Waals surface area (Å²) < 4.78 is 0. The van der Waals surface area contributed by atoms with Crippen molar-refractivity contribution in [1.82, 2.24) is 0 Å². The molecule has 0 bridgehead atoms. The zero-order valence-corrected chi connectivity index (χ0v) is 11.5. The van der Waals surface area contributed by atoms with Crippen LogP contribution in [0.4, 0.5) is 0 Å². The molecule has 15 heavy (non-hydrogen) atoms. The zero-order chi connectivity index (χ0) is 10.9. The Kier molecular flexibility index (Phi) is 6.17. The molecule has 1 atom stereocenters. The van der Waals surface area contributed by atoms with E-state index < -0.39 is 0 Å². The first-order valence-electron chi connectivity index (χ1n) is 4.46.